The topological polar surface area (TPSA) is 63.7 Å². The fourth-order valence-electron chi connectivity index (χ4n) is 3.63. The van der Waals surface area contributed by atoms with Gasteiger partial charge in [0.25, 0.3) is 0 Å². The molecule has 0 N–H and O–H groups in total. The third-order valence-electron chi connectivity index (χ3n) is 5.71. The first-order chi connectivity index (χ1) is 18.7. The van der Waals surface area contributed by atoms with Gasteiger partial charge in [0.1, 0.15) is 17.8 Å². The van der Waals surface area contributed by atoms with Crippen molar-refractivity contribution in [3.63, 3.8) is 0 Å². The minimum absolute atomic E-state index is 0.0153. The molecule has 8 nitrogen and oxygen atoms in total. The molecule has 9 heteroatoms. The van der Waals surface area contributed by atoms with Crippen LogP contribution in [0, 0.1) is 0 Å². The van der Waals surface area contributed by atoms with E-state index < -0.39 is 5.91 Å². The van der Waals surface area contributed by atoms with Gasteiger partial charge in [-0.05, 0) is 76.9 Å². The first-order valence-electron chi connectivity index (χ1n) is 12.0. The Kier molecular flexibility index (Phi) is 8.65. The summed E-state index contributed by atoms with van der Waals surface area (Å²) < 4.78 is 11.7. The lowest BCUT2D eigenvalue weighted by molar-refractivity contribution is -0.352. The second kappa shape index (κ2) is 12.3. The highest BCUT2D eigenvalue weighted by Crippen LogP contribution is 2.29. The first kappa shape index (κ1) is 27.4. The molecular formula is C30H29N3O5S. The predicted octanol–water partition coefficient (Wildman–Crippen LogP) is 5.75. The Labute approximate surface area is 233 Å². The molecule has 4 rings (SSSR count). The zero-order valence-corrected chi connectivity index (χ0v) is 23.0. The van der Waals surface area contributed by atoms with E-state index in [-0.39, 0.29) is 10.9 Å². The molecule has 0 bridgehead atoms. The molecule has 1 saturated heterocycles. The van der Waals surface area contributed by atoms with E-state index in [0.29, 0.717) is 17.1 Å². The van der Waals surface area contributed by atoms with Crippen molar-refractivity contribution in [1.82, 2.24) is 5.06 Å². The Morgan fingerprint density at radius 1 is 0.795 bits per heavy atom. The van der Waals surface area contributed by atoms with Crippen LogP contribution in [0.3, 0.4) is 0 Å². The number of rotatable bonds is 9. The number of ether oxygens (including phenoxy) is 2. The summed E-state index contributed by atoms with van der Waals surface area (Å²) >= 11 is 5.13. The number of anilines is 2. The van der Waals surface area contributed by atoms with Crippen molar-refractivity contribution in [3.8, 4) is 0 Å². The summed E-state index contributed by atoms with van der Waals surface area (Å²) in [5.41, 5.74) is 4.64. The lowest BCUT2D eigenvalue weighted by Gasteiger charge is -2.15. The molecular weight excluding hydrogens is 514 g/mol. The van der Waals surface area contributed by atoms with E-state index in [1.54, 1.807) is 12.2 Å². The van der Waals surface area contributed by atoms with Gasteiger partial charge in [0.2, 0.25) is 5.76 Å². The molecule has 2 aromatic rings. The maximum Gasteiger partial charge on any atom is 0.325 e. The van der Waals surface area contributed by atoms with Crippen LogP contribution in [0.25, 0.3) is 12.2 Å². The maximum absolute atomic E-state index is 12.9. The molecule has 2 aliphatic heterocycles. The normalized spacial score (nSPS) is 17.2. The number of thiocarbonyl (C=S) groups is 1. The van der Waals surface area contributed by atoms with Crippen LogP contribution in [0.5, 0.6) is 0 Å². The predicted molar refractivity (Wildman–Crippen MR) is 157 cm³/mol. The molecule has 0 unspecified atom stereocenters. The van der Waals surface area contributed by atoms with Crippen molar-refractivity contribution in [2.75, 3.05) is 38.0 Å². The minimum atomic E-state index is -0.614. The van der Waals surface area contributed by atoms with Crippen molar-refractivity contribution in [2.45, 2.75) is 0 Å². The average molecular weight is 544 g/mol. The number of benzene rings is 2. The molecule has 2 aromatic carbocycles. The second-order valence-corrected chi connectivity index (χ2v) is 9.27. The molecule has 0 spiro atoms. The minimum Gasteiger partial charge on any atom is -0.457 e. The quantitative estimate of drug-likeness (QED) is 0.130. The van der Waals surface area contributed by atoms with Crippen molar-refractivity contribution >= 4 is 46.8 Å². The number of hydrogen-bond acceptors (Lipinski definition) is 8. The summed E-state index contributed by atoms with van der Waals surface area (Å²) in [5, 5.41) is 0.536. The number of nitrogens with zero attached hydrogens (tertiary/aromatic N) is 3. The third kappa shape index (κ3) is 6.84. The Morgan fingerprint density at radius 3 is 1.72 bits per heavy atom. The summed E-state index contributed by atoms with van der Waals surface area (Å²) in [6, 6.07) is 16.2. The van der Waals surface area contributed by atoms with Crippen molar-refractivity contribution < 1.29 is 24.1 Å². The van der Waals surface area contributed by atoms with E-state index in [1.807, 2.05) is 111 Å². The van der Waals surface area contributed by atoms with Crippen LogP contribution in [-0.2, 0) is 24.1 Å². The Morgan fingerprint density at radius 2 is 1.28 bits per heavy atom. The summed E-state index contributed by atoms with van der Waals surface area (Å²) in [7, 11) is 7.97. The van der Waals surface area contributed by atoms with E-state index in [9.17, 15) is 4.79 Å². The highest BCUT2D eigenvalue weighted by atomic mass is 32.1. The van der Waals surface area contributed by atoms with Crippen LogP contribution >= 0.6 is 12.2 Å². The molecule has 1 amide bonds. The zero-order valence-electron chi connectivity index (χ0n) is 22.2. The van der Waals surface area contributed by atoms with Gasteiger partial charge in [-0.1, -0.05) is 48.1 Å². The number of allylic oxidation sites excluding steroid dienone is 5. The second-order valence-electron chi connectivity index (χ2n) is 8.92. The molecule has 200 valence electrons. The number of amides is 1. The molecule has 0 saturated carbocycles. The van der Waals surface area contributed by atoms with E-state index in [2.05, 4.69) is 11.5 Å². The van der Waals surface area contributed by atoms with Crippen LogP contribution in [0.2, 0.25) is 0 Å². The van der Waals surface area contributed by atoms with E-state index in [4.69, 9.17) is 26.7 Å². The lowest BCUT2D eigenvalue weighted by atomic mass is 10.1. The fraction of sp³-hybridized carbons (Fsp3) is 0.133. The maximum atomic E-state index is 12.9. The van der Waals surface area contributed by atoms with Crippen LogP contribution < -0.4 is 9.80 Å². The molecule has 39 heavy (non-hydrogen) atoms. The van der Waals surface area contributed by atoms with Gasteiger partial charge in [-0.3, -0.25) is 4.79 Å². The molecule has 1 fully saturated rings. The average Bonchev–Trinajstić information content (AvgIpc) is 3.22. The van der Waals surface area contributed by atoms with Gasteiger partial charge in [-0.25, -0.2) is 0 Å². The van der Waals surface area contributed by atoms with Crippen LogP contribution in [0.15, 0.2) is 109 Å². The van der Waals surface area contributed by atoms with Gasteiger partial charge >= 0.3 is 11.1 Å². The molecule has 0 radical (unpaired) electrons. The van der Waals surface area contributed by atoms with Gasteiger partial charge in [0, 0.05) is 45.1 Å². The fourth-order valence-corrected chi connectivity index (χ4v) is 3.83. The number of hydrogen-bond donors (Lipinski definition) is 0. The van der Waals surface area contributed by atoms with E-state index in [0.717, 1.165) is 33.8 Å². The van der Waals surface area contributed by atoms with E-state index >= 15 is 0 Å². The smallest absolute Gasteiger partial charge is 0.325 e. The lowest BCUT2D eigenvalue weighted by Crippen LogP contribution is -2.28. The Bertz CT molecular complexity index is 1320. The Hall–Kier alpha value is -4.60. The highest BCUT2D eigenvalue weighted by Gasteiger charge is 2.38. The molecule has 0 aliphatic carbocycles. The van der Waals surface area contributed by atoms with Crippen molar-refractivity contribution in [2.24, 2.45) is 0 Å². The first-order valence-corrected chi connectivity index (χ1v) is 12.4. The van der Waals surface area contributed by atoms with E-state index in [1.165, 1.54) is 0 Å². The van der Waals surface area contributed by atoms with Crippen molar-refractivity contribution in [3.05, 3.63) is 120 Å². The summed E-state index contributed by atoms with van der Waals surface area (Å²) in [5.74, 6) is 0.376. The number of carbonyl (C=O) groups excluding carboxylic acids is 1. The molecule has 2 heterocycles. The van der Waals surface area contributed by atoms with Gasteiger partial charge in [-0.2, -0.15) is 0 Å². The third-order valence-corrected chi connectivity index (χ3v) is 5.96. The SMILES string of the molecule is C=COON1C(=O)C(=C2C=C(/C=C\c3ccc(N(C)C)cc3)OC(/C=C/c3ccc(N(C)C)cc3)=C2)OC1=S. The van der Waals surface area contributed by atoms with Crippen molar-refractivity contribution in [1.29, 1.82) is 0 Å². The summed E-state index contributed by atoms with van der Waals surface area (Å²) in [4.78, 5) is 26.5. The van der Waals surface area contributed by atoms with Crippen LogP contribution in [0.4, 0.5) is 11.4 Å². The number of hydroxylamine groups is 2. The molecule has 0 aromatic heterocycles. The van der Waals surface area contributed by atoms with Gasteiger partial charge in [0.15, 0.2) is 0 Å². The summed E-state index contributed by atoms with van der Waals surface area (Å²) in [6.07, 6.45) is 11.9. The van der Waals surface area contributed by atoms with Gasteiger partial charge in [-0.15, -0.1) is 0 Å². The standard InChI is InChI=1S/C30H29N3O5S/c1-6-35-38-33-29(34)28(37-30(33)39)23-19-26(17-11-21-7-13-24(14-8-21)31(2)3)36-27(20-23)18-12-22-9-15-25(16-10-22)32(4)5/h6-20H,1H2,2-5H3/b17-11-,18-12+,28-23?. The highest BCUT2D eigenvalue weighted by molar-refractivity contribution is 7.80. The van der Waals surface area contributed by atoms with Gasteiger partial charge < -0.3 is 24.2 Å². The zero-order chi connectivity index (χ0) is 27.9. The molecule has 2 aliphatic rings. The van der Waals surface area contributed by atoms with Crippen LogP contribution in [-0.4, -0.2) is 44.3 Å². The largest absolute Gasteiger partial charge is 0.457 e. The van der Waals surface area contributed by atoms with Crippen LogP contribution in [0.1, 0.15) is 11.1 Å². The monoisotopic (exact) mass is 543 g/mol. The number of carbonyl (C=O) groups is 1. The summed E-state index contributed by atoms with van der Waals surface area (Å²) in [6.45, 7) is 3.38. The Balaban J connectivity index is 1.64. The molecule has 0 atom stereocenters. The van der Waals surface area contributed by atoms with Gasteiger partial charge in [0.05, 0.1) is 0 Å².